The molecule has 8 rings (SSSR count). The summed E-state index contributed by atoms with van der Waals surface area (Å²) in [5, 5.41) is 8.91. The van der Waals surface area contributed by atoms with Crippen LogP contribution in [-0.2, 0) is 31.5 Å². The Morgan fingerprint density at radius 3 is 2.63 bits per heavy atom. The molecule has 1 N–H and O–H groups in total. The van der Waals surface area contributed by atoms with E-state index in [9.17, 15) is 9.18 Å². The molecule has 2 aliphatic rings. The van der Waals surface area contributed by atoms with Crippen molar-refractivity contribution in [1.29, 1.82) is 0 Å². The van der Waals surface area contributed by atoms with Crippen LogP contribution in [0.5, 0.6) is 5.88 Å². The Morgan fingerprint density at radius 2 is 1.84 bits per heavy atom. The fourth-order valence-electron chi connectivity index (χ4n) is 7.12. The van der Waals surface area contributed by atoms with Gasteiger partial charge in [0.05, 0.1) is 41.4 Å². The first-order chi connectivity index (χ1) is 24.8. The standard InChI is InChI=1S/C39H39ClFN7O3/c1-24-31-20-29(9-11-35(31)46(2)45-24)42-39(49)26-7-10-36-34(18-26)43-37(48(36)21-30-14-17-50-30)22-47-15-12-25(13-16-47)33-4-3-5-38(44-33)51-23-27-6-8-28(40)19-32(27)41/h3-11,18-20,25,30H,12-17,21-23H2,1-2H3,(H,42,49)/t30-/m0/s1. The molecule has 51 heavy (non-hydrogen) atoms. The third kappa shape index (κ3) is 7.06. The molecular formula is C39H39ClFN7O3. The number of carbonyl (C=O) groups excluding carboxylic acids is 1. The zero-order chi connectivity index (χ0) is 35.1. The molecule has 262 valence electrons. The summed E-state index contributed by atoms with van der Waals surface area (Å²) < 4.78 is 30.0. The van der Waals surface area contributed by atoms with Gasteiger partial charge in [-0.15, -0.1) is 0 Å². The van der Waals surface area contributed by atoms with Crippen molar-refractivity contribution >= 4 is 45.1 Å². The van der Waals surface area contributed by atoms with Gasteiger partial charge in [-0.2, -0.15) is 5.10 Å². The van der Waals surface area contributed by atoms with Crippen LogP contribution < -0.4 is 10.1 Å². The van der Waals surface area contributed by atoms with E-state index in [1.807, 2.05) is 67.2 Å². The molecule has 0 saturated carbocycles. The molecule has 2 aliphatic heterocycles. The molecule has 1 atom stereocenters. The van der Waals surface area contributed by atoms with Gasteiger partial charge < -0.3 is 19.4 Å². The quantitative estimate of drug-likeness (QED) is 0.158. The molecule has 0 unspecified atom stereocenters. The third-order valence-corrected chi connectivity index (χ3v) is 10.3. The van der Waals surface area contributed by atoms with Gasteiger partial charge in [-0.1, -0.05) is 23.7 Å². The number of fused-ring (bicyclic) bond motifs is 2. The van der Waals surface area contributed by atoms with Gasteiger partial charge in [-0.05, 0) is 93.9 Å². The van der Waals surface area contributed by atoms with E-state index in [0.29, 0.717) is 34.5 Å². The van der Waals surface area contributed by atoms with Gasteiger partial charge in [0, 0.05) is 58.6 Å². The molecule has 0 bridgehead atoms. The van der Waals surface area contributed by atoms with E-state index in [2.05, 4.69) is 19.9 Å². The number of pyridine rings is 1. The van der Waals surface area contributed by atoms with Crippen LogP contribution in [0.15, 0.2) is 72.8 Å². The van der Waals surface area contributed by atoms with E-state index < -0.39 is 5.82 Å². The monoisotopic (exact) mass is 707 g/mol. The van der Waals surface area contributed by atoms with E-state index in [0.717, 1.165) is 90.3 Å². The Kier molecular flexibility index (Phi) is 9.18. The van der Waals surface area contributed by atoms with Crippen molar-refractivity contribution in [3.8, 4) is 5.88 Å². The lowest BCUT2D eigenvalue weighted by Gasteiger charge is -2.32. The molecule has 1 amide bonds. The number of ether oxygens (including phenoxy) is 2. The molecule has 5 heterocycles. The van der Waals surface area contributed by atoms with E-state index >= 15 is 0 Å². The summed E-state index contributed by atoms with van der Waals surface area (Å²) in [6.45, 7) is 6.05. The number of likely N-dealkylation sites (tertiary alicyclic amines) is 1. The Hall–Kier alpha value is -4.84. The van der Waals surface area contributed by atoms with Gasteiger partial charge in [0.2, 0.25) is 5.88 Å². The average Bonchev–Trinajstić information content (AvgIpc) is 3.59. The number of anilines is 1. The second-order valence-corrected chi connectivity index (χ2v) is 13.9. The SMILES string of the molecule is Cc1nn(C)c2ccc(NC(=O)c3ccc4c(c3)nc(CN3CCC(c5cccc(OCc6ccc(Cl)cc6F)n5)CC3)n4C[C@@H]3CCO3)cc12. The predicted octanol–water partition coefficient (Wildman–Crippen LogP) is 7.42. The van der Waals surface area contributed by atoms with Crippen molar-refractivity contribution in [2.75, 3.05) is 25.0 Å². The number of halogens is 2. The maximum atomic E-state index is 14.2. The molecule has 2 fully saturated rings. The molecule has 6 aromatic rings. The summed E-state index contributed by atoms with van der Waals surface area (Å²) >= 11 is 5.88. The van der Waals surface area contributed by atoms with E-state index in [1.165, 1.54) is 6.07 Å². The first-order valence-corrected chi connectivity index (χ1v) is 17.8. The molecule has 12 heteroatoms. The summed E-state index contributed by atoms with van der Waals surface area (Å²) in [5.74, 6) is 1.17. The van der Waals surface area contributed by atoms with Crippen molar-refractivity contribution < 1.29 is 18.7 Å². The number of piperidine rings is 1. The van der Waals surface area contributed by atoms with Crippen molar-refractivity contribution in [3.63, 3.8) is 0 Å². The lowest BCUT2D eigenvalue weighted by molar-refractivity contribution is -0.0592. The average molecular weight is 708 g/mol. The van der Waals surface area contributed by atoms with Gasteiger partial charge in [0.25, 0.3) is 5.91 Å². The van der Waals surface area contributed by atoms with Crippen LogP contribution in [0.3, 0.4) is 0 Å². The minimum Gasteiger partial charge on any atom is -0.473 e. The van der Waals surface area contributed by atoms with Crippen LogP contribution in [0.4, 0.5) is 10.1 Å². The lowest BCUT2D eigenvalue weighted by Crippen LogP contribution is -2.35. The second-order valence-electron chi connectivity index (χ2n) is 13.5. The summed E-state index contributed by atoms with van der Waals surface area (Å²) in [5.41, 5.74) is 6.43. The van der Waals surface area contributed by atoms with Crippen LogP contribution >= 0.6 is 11.6 Å². The maximum Gasteiger partial charge on any atom is 0.255 e. The van der Waals surface area contributed by atoms with Gasteiger partial charge in [-0.25, -0.2) is 14.4 Å². The highest BCUT2D eigenvalue weighted by molar-refractivity contribution is 6.30. The molecular weight excluding hydrogens is 669 g/mol. The van der Waals surface area contributed by atoms with Crippen LogP contribution in [0.1, 0.15) is 58.3 Å². The zero-order valence-electron chi connectivity index (χ0n) is 28.6. The van der Waals surface area contributed by atoms with Crippen molar-refractivity contribution in [3.05, 3.63) is 112 Å². The number of amides is 1. The Labute approximate surface area is 300 Å². The van der Waals surface area contributed by atoms with Crippen LogP contribution in [0.2, 0.25) is 5.02 Å². The van der Waals surface area contributed by atoms with E-state index in [-0.39, 0.29) is 18.6 Å². The summed E-state index contributed by atoms with van der Waals surface area (Å²) in [6.07, 6.45) is 3.08. The number of rotatable bonds is 10. The second kappa shape index (κ2) is 14.1. The number of hydrogen-bond acceptors (Lipinski definition) is 7. The van der Waals surface area contributed by atoms with Gasteiger partial charge in [0.15, 0.2) is 0 Å². The first kappa shape index (κ1) is 33.3. The van der Waals surface area contributed by atoms with Crippen LogP contribution in [-0.4, -0.2) is 60.9 Å². The van der Waals surface area contributed by atoms with Crippen LogP contribution in [0.25, 0.3) is 21.9 Å². The fourth-order valence-corrected chi connectivity index (χ4v) is 7.27. The Morgan fingerprint density at radius 1 is 1.02 bits per heavy atom. The normalized spacial score (nSPS) is 16.8. The summed E-state index contributed by atoms with van der Waals surface area (Å²) in [6, 6.07) is 22.0. The minimum atomic E-state index is -0.393. The molecule has 0 spiro atoms. The smallest absolute Gasteiger partial charge is 0.255 e. The van der Waals surface area contributed by atoms with Crippen molar-refractivity contribution in [1.82, 2.24) is 29.2 Å². The number of nitrogens with zero attached hydrogens (tertiary/aromatic N) is 6. The number of benzene rings is 3. The summed E-state index contributed by atoms with van der Waals surface area (Å²) in [7, 11) is 1.92. The number of nitrogens with one attached hydrogen (secondary N) is 1. The largest absolute Gasteiger partial charge is 0.473 e. The molecule has 3 aromatic carbocycles. The topological polar surface area (TPSA) is 99.3 Å². The third-order valence-electron chi connectivity index (χ3n) is 10.1. The number of hydrogen-bond donors (Lipinski definition) is 1. The minimum absolute atomic E-state index is 0.0824. The van der Waals surface area contributed by atoms with Gasteiger partial charge in [0.1, 0.15) is 18.2 Å². The maximum absolute atomic E-state index is 14.2. The van der Waals surface area contributed by atoms with E-state index in [1.54, 1.807) is 18.2 Å². The molecule has 0 radical (unpaired) electrons. The van der Waals surface area contributed by atoms with Crippen LogP contribution in [0, 0.1) is 12.7 Å². The first-order valence-electron chi connectivity index (χ1n) is 17.4. The molecule has 2 saturated heterocycles. The molecule has 0 aliphatic carbocycles. The lowest BCUT2D eigenvalue weighted by atomic mass is 9.93. The number of imidazole rings is 1. The van der Waals surface area contributed by atoms with Crippen molar-refractivity contribution in [2.24, 2.45) is 7.05 Å². The van der Waals surface area contributed by atoms with Gasteiger partial charge >= 0.3 is 0 Å². The molecule has 3 aromatic heterocycles. The summed E-state index contributed by atoms with van der Waals surface area (Å²) in [4.78, 5) is 25.7. The Bertz CT molecular complexity index is 2240. The van der Waals surface area contributed by atoms with Gasteiger partial charge in [-0.3, -0.25) is 14.4 Å². The van der Waals surface area contributed by atoms with E-state index in [4.69, 9.17) is 31.0 Å². The number of aryl methyl sites for hydroxylation is 2. The highest BCUT2D eigenvalue weighted by Gasteiger charge is 2.26. The number of aromatic nitrogens is 5. The highest BCUT2D eigenvalue weighted by Crippen LogP contribution is 2.30. The molecule has 10 nitrogen and oxygen atoms in total. The fraction of sp³-hybridized carbons (Fsp3) is 0.333. The Balaban J connectivity index is 0.941. The zero-order valence-corrected chi connectivity index (χ0v) is 29.4. The van der Waals surface area contributed by atoms with Crippen molar-refractivity contribution in [2.45, 2.75) is 57.9 Å². The highest BCUT2D eigenvalue weighted by atomic mass is 35.5. The predicted molar refractivity (Wildman–Crippen MR) is 195 cm³/mol. The number of carbonyl (C=O) groups is 1.